The van der Waals surface area contributed by atoms with Crippen LogP contribution in [0.25, 0.3) is 0 Å². The summed E-state index contributed by atoms with van der Waals surface area (Å²) in [6, 6.07) is 14.8. The van der Waals surface area contributed by atoms with Gasteiger partial charge in [0, 0.05) is 13.0 Å². The second-order valence-electron chi connectivity index (χ2n) is 5.45. The van der Waals surface area contributed by atoms with Gasteiger partial charge in [-0.15, -0.1) is 0 Å². The Kier molecular flexibility index (Phi) is 5.92. The van der Waals surface area contributed by atoms with E-state index in [1.807, 2.05) is 0 Å². The lowest BCUT2D eigenvalue weighted by Gasteiger charge is -2.06. The van der Waals surface area contributed by atoms with Crippen molar-refractivity contribution in [2.45, 2.75) is 32.7 Å². The summed E-state index contributed by atoms with van der Waals surface area (Å²) in [7, 11) is 0. The van der Waals surface area contributed by atoms with Gasteiger partial charge in [-0.05, 0) is 41.7 Å². The lowest BCUT2D eigenvalue weighted by molar-refractivity contribution is -0.121. The molecule has 0 aliphatic rings. The third-order valence-corrected chi connectivity index (χ3v) is 3.76. The van der Waals surface area contributed by atoms with Gasteiger partial charge in [-0.3, -0.25) is 4.79 Å². The molecule has 0 spiro atoms. The van der Waals surface area contributed by atoms with Crippen molar-refractivity contribution in [2.75, 3.05) is 0 Å². The van der Waals surface area contributed by atoms with E-state index in [0.29, 0.717) is 19.4 Å². The third-order valence-electron chi connectivity index (χ3n) is 3.76. The Balaban J connectivity index is 1.77. The Hall–Kier alpha value is -2.62. The SMILES string of the molecule is CCc1ccc(CCC(=O)NCc2ccc(C(=O)O)cc2)cc1. The molecular formula is C19H21NO3. The smallest absolute Gasteiger partial charge is 0.335 e. The first-order chi connectivity index (χ1) is 11.1. The van der Waals surface area contributed by atoms with Crippen molar-refractivity contribution in [1.82, 2.24) is 5.32 Å². The number of carboxylic acids is 1. The van der Waals surface area contributed by atoms with Gasteiger partial charge in [-0.25, -0.2) is 4.79 Å². The Bertz CT molecular complexity index is 660. The molecular weight excluding hydrogens is 290 g/mol. The van der Waals surface area contributed by atoms with E-state index in [0.717, 1.165) is 17.5 Å². The summed E-state index contributed by atoms with van der Waals surface area (Å²) >= 11 is 0. The molecule has 0 saturated heterocycles. The van der Waals surface area contributed by atoms with Crippen LogP contribution in [0.2, 0.25) is 0 Å². The second-order valence-corrected chi connectivity index (χ2v) is 5.45. The first-order valence-electron chi connectivity index (χ1n) is 7.75. The van der Waals surface area contributed by atoms with E-state index in [-0.39, 0.29) is 11.5 Å². The molecule has 0 aliphatic heterocycles. The quantitative estimate of drug-likeness (QED) is 0.825. The van der Waals surface area contributed by atoms with E-state index < -0.39 is 5.97 Å². The zero-order valence-corrected chi connectivity index (χ0v) is 13.2. The van der Waals surface area contributed by atoms with Crippen LogP contribution in [0, 0.1) is 0 Å². The molecule has 0 saturated carbocycles. The molecule has 0 fully saturated rings. The number of aryl methyl sites for hydroxylation is 2. The predicted molar refractivity (Wildman–Crippen MR) is 89.4 cm³/mol. The Morgan fingerprint density at radius 2 is 1.48 bits per heavy atom. The fraction of sp³-hybridized carbons (Fsp3) is 0.263. The maximum atomic E-state index is 11.9. The van der Waals surface area contributed by atoms with Gasteiger partial charge < -0.3 is 10.4 Å². The van der Waals surface area contributed by atoms with Crippen LogP contribution in [0.1, 0.15) is 40.4 Å². The lowest BCUT2D eigenvalue weighted by atomic mass is 10.1. The molecule has 4 heteroatoms. The number of amides is 1. The summed E-state index contributed by atoms with van der Waals surface area (Å²) in [4.78, 5) is 22.7. The highest BCUT2D eigenvalue weighted by atomic mass is 16.4. The van der Waals surface area contributed by atoms with Crippen molar-refractivity contribution in [1.29, 1.82) is 0 Å². The number of rotatable bonds is 7. The zero-order valence-electron chi connectivity index (χ0n) is 13.2. The molecule has 0 radical (unpaired) electrons. The van der Waals surface area contributed by atoms with Gasteiger partial charge in [-0.2, -0.15) is 0 Å². The van der Waals surface area contributed by atoms with Gasteiger partial charge in [0.1, 0.15) is 0 Å². The molecule has 2 aromatic carbocycles. The fourth-order valence-electron chi connectivity index (χ4n) is 2.25. The van der Waals surface area contributed by atoms with Crippen LogP contribution in [-0.4, -0.2) is 17.0 Å². The van der Waals surface area contributed by atoms with Gasteiger partial charge in [0.05, 0.1) is 5.56 Å². The minimum Gasteiger partial charge on any atom is -0.478 e. The van der Waals surface area contributed by atoms with Gasteiger partial charge in [0.25, 0.3) is 0 Å². The minimum absolute atomic E-state index is 0.00752. The highest BCUT2D eigenvalue weighted by Crippen LogP contribution is 2.08. The van der Waals surface area contributed by atoms with Crippen molar-refractivity contribution >= 4 is 11.9 Å². The molecule has 2 aromatic rings. The molecule has 4 nitrogen and oxygen atoms in total. The average molecular weight is 311 g/mol. The summed E-state index contributed by atoms with van der Waals surface area (Å²) in [6.07, 6.45) is 2.17. The maximum absolute atomic E-state index is 11.9. The molecule has 2 N–H and O–H groups in total. The van der Waals surface area contributed by atoms with E-state index >= 15 is 0 Å². The van der Waals surface area contributed by atoms with Crippen molar-refractivity contribution in [2.24, 2.45) is 0 Å². The van der Waals surface area contributed by atoms with Crippen LogP contribution in [-0.2, 0) is 24.2 Å². The number of aromatic carboxylic acids is 1. The highest BCUT2D eigenvalue weighted by molar-refractivity contribution is 5.87. The number of hydrogen-bond acceptors (Lipinski definition) is 2. The summed E-state index contributed by atoms with van der Waals surface area (Å²) in [5, 5.41) is 11.7. The molecule has 0 bridgehead atoms. The van der Waals surface area contributed by atoms with Gasteiger partial charge in [0.15, 0.2) is 0 Å². The van der Waals surface area contributed by atoms with E-state index in [9.17, 15) is 9.59 Å². The topological polar surface area (TPSA) is 66.4 Å². The van der Waals surface area contributed by atoms with E-state index in [1.54, 1.807) is 24.3 Å². The molecule has 23 heavy (non-hydrogen) atoms. The van der Waals surface area contributed by atoms with Crippen LogP contribution in [0.4, 0.5) is 0 Å². The first kappa shape index (κ1) is 16.7. The molecule has 0 atom stereocenters. The summed E-state index contributed by atoms with van der Waals surface area (Å²) < 4.78 is 0. The number of carboxylic acid groups (broad SMARTS) is 1. The van der Waals surface area contributed by atoms with Gasteiger partial charge in [0.2, 0.25) is 5.91 Å². The molecule has 2 rings (SSSR count). The minimum atomic E-state index is -0.949. The number of nitrogens with one attached hydrogen (secondary N) is 1. The maximum Gasteiger partial charge on any atom is 0.335 e. The first-order valence-corrected chi connectivity index (χ1v) is 7.75. The van der Waals surface area contributed by atoms with Crippen LogP contribution in [0.5, 0.6) is 0 Å². The normalized spacial score (nSPS) is 10.3. The van der Waals surface area contributed by atoms with E-state index in [1.165, 1.54) is 5.56 Å². The van der Waals surface area contributed by atoms with Crippen molar-refractivity contribution in [3.63, 3.8) is 0 Å². The van der Waals surface area contributed by atoms with E-state index in [2.05, 4.69) is 36.5 Å². The number of carbonyl (C=O) groups is 2. The number of hydrogen-bond donors (Lipinski definition) is 2. The molecule has 120 valence electrons. The average Bonchev–Trinajstić information content (AvgIpc) is 2.59. The Labute approximate surface area is 136 Å². The van der Waals surface area contributed by atoms with Crippen molar-refractivity contribution in [3.8, 4) is 0 Å². The number of carbonyl (C=O) groups excluding carboxylic acids is 1. The Morgan fingerprint density at radius 3 is 2.04 bits per heavy atom. The Morgan fingerprint density at radius 1 is 0.913 bits per heavy atom. The fourth-order valence-corrected chi connectivity index (χ4v) is 2.25. The van der Waals surface area contributed by atoms with Crippen molar-refractivity contribution in [3.05, 3.63) is 70.8 Å². The highest BCUT2D eigenvalue weighted by Gasteiger charge is 2.04. The zero-order chi connectivity index (χ0) is 16.7. The molecule has 0 aliphatic carbocycles. The third kappa shape index (κ3) is 5.25. The van der Waals surface area contributed by atoms with E-state index in [4.69, 9.17) is 5.11 Å². The molecule has 1 amide bonds. The van der Waals surface area contributed by atoms with Crippen LogP contribution in [0.15, 0.2) is 48.5 Å². The number of benzene rings is 2. The summed E-state index contributed by atoms with van der Waals surface area (Å²) in [6.45, 7) is 2.53. The summed E-state index contributed by atoms with van der Waals surface area (Å²) in [5.41, 5.74) is 3.58. The van der Waals surface area contributed by atoms with Crippen LogP contribution in [0.3, 0.4) is 0 Å². The van der Waals surface area contributed by atoms with Crippen LogP contribution < -0.4 is 5.32 Å². The lowest BCUT2D eigenvalue weighted by Crippen LogP contribution is -2.23. The standard InChI is InChI=1S/C19H21NO3/c1-2-14-3-5-15(6-4-14)9-12-18(21)20-13-16-7-10-17(11-8-16)19(22)23/h3-8,10-11H,2,9,12-13H2,1H3,(H,20,21)(H,22,23). The second kappa shape index (κ2) is 8.13. The van der Waals surface area contributed by atoms with Gasteiger partial charge >= 0.3 is 5.97 Å². The van der Waals surface area contributed by atoms with Gasteiger partial charge in [-0.1, -0.05) is 43.3 Å². The van der Waals surface area contributed by atoms with Crippen molar-refractivity contribution < 1.29 is 14.7 Å². The predicted octanol–water partition coefficient (Wildman–Crippen LogP) is 3.20. The molecule has 0 unspecified atom stereocenters. The summed E-state index contributed by atoms with van der Waals surface area (Å²) in [5.74, 6) is -0.957. The molecule has 0 aromatic heterocycles. The largest absolute Gasteiger partial charge is 0.478 e. The van der Waals surface area contributed by atoms with Crippen LogP contribution >= 0.6 is 0 Å². The monoisotopic (exact) mass is 311 g/mol. The molecule has 0 heterocycles.